The molecule has 0 unspecified atom stereocenters. The molecule has 10 rings (SSSR count). The summed E-state index contributed by atoms with van der Waals surface area (Å²) in [4.78, 5) is 0. The van der Waals surface area contributed by atoms with E-state index in [1.54, 1.807) is 0 Å². The van der Waals surface area contributed by atoms with Gasteiger partial charge in [-0.05, 0) is 103 Å². The monoisotopic (exact) mass is 642 g/mol. The number of aromatic nitrogens is 4. The molecule has 236 valence electrons. The maximum atomic E-state index is 6.03. The number of rotatable bonds is 5. The molecule has 0 N–H and O–H groups in total. The summed E-state index contributed by atoms with van der Waals surface area (Å²) in [5, 5.41) is 13.5. The number of hydrogen-bond donors (Lipinski definition) is 0. The third-order valence-corrected chi connectivity index (χ3v) is 9.79. The van der Waals surface area contributed by atoms with E-state index in [1.807, 2.05) is 30.3 Å². The van der Waals surface area contributed by atoms with E-state index in [2.05, 4.69) is 160 Å². The molecule has 50 heavy (non-hydrogen) atoms. The van der Waals surface area contributed by atoms with E-state index in [-0.39, 0.29) is 0 Å². The smallest absolute Gasteiger partial charge is 0.248 e. The number of nitrogens with zero attached hydrogens (tertiary/aromatic N) is 4. The minimum absolute atomic E-state index is 0.501. The van der Waals surface area contributed by atoms with Crippen molar-refractivity contribution in [1.29, 1.82) is 0 Å². The lowest BCUT2D eigenvalue weighted by atomic mass is 10.0. The Hall–Kier alpha value is -6.72. The van der Waals surface area contributed by atoms with Gasteiger partial charge in [0.05, 0.1) is 22.1 Å². The van der Waals surface area contributed by atoms with E-state index in [0.717, 1.165) is 27.8 Å². The highest BCUT2D eigenvalue weighted by Crippen LogP contribution is 2.38. The Labute approximate surface area is 288 Å². The second-order valence-electron chi connectivity index (χ2n) is 12.8. The fraction of sp³-hybridized carbons (Fsp3) is 0.0222. The number of benzene rings is 7. The summed E-state index contributed by atoms with van der Waals surface area (Å²) >= 11 is 0. The number of aryl methyl sites for hydroxylation is 1. The van der Waals surface area contributed by atoms with Gasteiger partial charge < -0.3 is 13.6 Å². The summed E-state index contributed by atoms with van der Waals surface area (Å²) < 4.78 is 10.7. The SMILES string of the molecule is Cc1ccc(-n2c3ccccc3c3cc(-c4ccc5c(c4)c4ccccc4n5-c4ccc(-c5nnc(-c6ccccc6)o5)cc4)ccc32)cc1. The molecule has 5 heteroatoms. The summed E-state index contributed by atoms with van der Waals surface area (Å²) in [6.45, 7) is 2.13. The largest absolute Gasteiger partial charge is 0.416 e. The van der Waals surface area contributed by atoms with E-state index >= 15 is 0 Å². The molecule has 7 aromatic carbocycles. The molecule has 5 nitrogen and oxygen atoms in total. The van der Waals surface area contributed by atoms with E-state index in [9.17, 15) is 0 Å². The van der Waals surface area contributed by atoms with Crippen LogP contribution in [0, 0.1) is 6.92 Å². The number of fused-ring (bicyclic) bond motifs is 6. The number of para-hydroxylation sites is 2. The zero-order valence-corrected chi connectivity index (χ0v) is 27.3. The quantitative estimate of drug-likeness (QED) is 0.188. The Morgan fingerprint density at radius 2 is 0.800 bits per heavy atom. The standard InChI is InChI=1S/C45H30N4O/c1-29-15-21-34(22-16-29)48-40-13-7-5-11-36(40)38-27-32(19-25-42(38)48)33-20-26-43-39(28-33)37-12-6-8-14-41(37)49(43)35-23-17-31(18-24-35)45-47-46-44(50-45)30-9-3-2-4-10-30/h2-28H,1H3. The van der Waals surface area contributed by atoms with Crippen LogP contribution in [-0.4, -0.2) is 19.3 Å². The van der Waals surface area contributed by atoms with Crippen molar-refractivity contribution in [2.45, 2.75) is 6.92 Å². The van der Waals surface area contributed by atoms with Crippen molar-refractivity contribution in [3.05, 3.63) is 169 Å². The lowest BCUT2D eigenvalue weighted by Crippen LogP contribution is -1.94. The lowest BCUT2D eigenvalue weighted by Gasteiger charge is -2.10. The Kier molecular flexibility index (Phi) is 6.33. The minimum Gasteiger partial charge on any atom is -0.416 e. The van der Waals surface area contributed by atoms with Gasteiger partial charge in [-0.1, -0.05) is 84.4 Å². The molecular weight excluding hydrogens is 613 g/mol. The van der Waals surface area contributed by atoms with Crippen molar-refractivity contribution >= 4 is 43.6 Å². The summed E-state index contributed by atoms with van der Waals surface area (Å²) in [5.41, 5.74) is 12.4. The molecule has 0 saturated heterocycles. The van der Waals surface area contributed by atoms with Crippen molar-refractivity contribution in [1.82, 2.24) is 19.3 Å². The van der Waals surface area contributed by atoms with Gasteiger partial charge in [-0.15, -0.1) is 10.2 Å². The topological polar surface area (TPSA) is 48.8 Å². The van der Waals surface area contributed by atoms with Crippen LogP contribution in [-0.2, 0) is 0 Å². The van der Waals surface area contributed by atoms with Gasteiger partial charge in [0.15, 0.2) is 0 Å². The summed E-state index contributed by atoms with van der Waals surface area (Å²) in [6, 6.07) is 58.0. The fourth-order valence-electron chi connectivity index (χ4n) is 7.35. The molecule has 0 aliphatic rings. The maximum absolute atomic E-state index is 6.03. The second kappa shape index (κ2) is 11.2. The van der Waals surface area contributed by atoms with Crippen molar-refractivity contribution in [2.75, 3.05) is 0 Å². The first kappa shape index (κ1) is 28.3. The predicted molar refractivity (Wildman–Crippen MR) is 204 cm³/mol. The average molecular weight is 643 g/mol. The molecule has 0 amide bonds. The van der Waals surface area contributed by atoms with Gasteiger partial charge >= 0.3 is 0 Å². The zero-order valence-electron chi connectivity index (χ0n) is 27.3. The molecule has 0 bridgehead atoms. The van der Waals surface area contributed by atoms with Gasteiger partial charge in [0.2, 0.25) is 11.8 Å². The molecule has 3 aromatic heterocycles. The third kappa shape index (κ3) is 4.48. The molecule has 0 atom stereocenters. The van der Waals surface area contributed by atoms with Crippen LogP contribution in [0.3, 0.4) is 0 Å². The molecule has 0 saturated carbocycles. The zero-order chi connectivity index (χ0) is 33.2. The summed E-state index contributed by atoms with van der Waals surface area (Å²) in [5.74, 6) is 1.01. The van der Waals surface area contributed by atoms with Crippen LogP contribution in [0.4, 0.5) is 0 Å². The van der Waals surface area contributed by atoms with E-state index in [4.69, 9.17) is 4.42 Å². The molecular formula is C45H30N4O. The predicted octanol–water partition coefficient (Wildman–Crippen LogP) is 11.6. The van der Waals surface area contributed by atoms with Crippen molar-refractivity contribution in [3.8, 4) is 45.4 Å². The molecule has 10 aromatic rings. The van der Waals surface area contributed by atoms with E-state index in [0.29, 0.717) is 11.8 Å². The van der Waals surface area contributed by atoms with Crippen LogP contribution < -0.4 is 0 Å². The average Bonchev–Trinajstić information content (AvgIpc) is 3.89. The lowest BCUT2D eigenvalue weighted by molar-refractivity contribution is 0.584. The van der Waals surface area contributed by atoms with Crippen molar-refractivity contribution < 1.29 is 4.42 Å². The van der Waals surface area contributed by atoms with Gasteiger partial charge in [-0.3, -0.25) is 0 Å². The van der Waals surface area contributed by atoms with E-state index < -0.39 is 0 Å². The van der Waals surface area contributed by atoms with Crippen LogP contribution in [0.5, 0.6) is 0 Å². The van der Waals surface area contributed by atoms with Gasteiger partial charge in [0, 0.05) is 44.0 Å². The van der Waals surface area contributed by atoms with Crippen molar-refractivity contribution in [2.24, 2.45) is 0 Å². The van der Waals surface area contributed by atoms with Gasteiger partial charge in [0.25, 0.3) is 0 Å². The van der Waals surface area contributed by atoms with Gasteiger partial charge in [-0.2, -0.15) is 0 Å². The van der Waals surface area contributed by atoms with Gasteiger partial charge in [-0.25, -0.2) is 0 Å². The highest BCUT2D eigenvalue weighted by Gasteiger charge is 2.17. The Balaban J connectivity index is 1.06. The Morgan fingerprint density at radius 3 is 1.34 bits per heavy atom. The first-order chi connectivity index (χ1) is 24.7. The second-order valence-corrected chi connectivity index (χ2v) is 12.8. The number of hydrogen-bond acceptors (Lipinski definition) is 3. The normalized spacial score (nSPS) is 11.7. The first-order valence-electron chi connectivity index (χ1n) is 16.8. The van der Waals surface area contributed by atoms with Crippen LogP contribution in [0.15, 0.2) is 168 Å². The van der Waals surface area contributed by atoms with E-state index in [1.165, 1.54) is 55.0 Å². The van der Waals surface area contributed by atoms with Crippen LogP contribution in [0.1, 0.15) is 5.56 Å². The molecule has 0 radical (unpaired) electrons. The molecule has 0 spiro atoms. The van der Waals surface area contributed by atoms with Crippen LogP contribution in [0.25, 0.3) is 89.0 Å². The minimum atomic E-state index is 0.501. The van der Waals surface area contributed by atoms with Gasteiger partial charge in [0.1, 0.15) is 0 Å². The fourth-order valence-corrected chi connectivity index (χ4v) is 7.35. The maximum Gasteiger partial charge on any atom is 0.248 e. The Bertz CT molecular complexity index is 2860. The summed E-state index contributed by atoms with van der Waals surface area (Å²) in [6.07, 6.45) is 0. The molecule has 0 fully saturated rings. The van der Waals surface area contributed by atoms with Crippen LogP contribution >= 0.6 is 0 Å². The highest BCUT2D eigenvalue weighted by molar-refractivity contribution is 6.12. The molecule has 0 aliphatic carbocycles. The van der Waals surface area contributed by atoms with Crippen molar-refractivity contribution in [3.63, 3.8) is 0 Å². The molecule has 3 heterocycles. The molecule has 0 aliphatic heterocycles. The third-order valence-electron chi connectivity index (χ3n) is 9.79. The van der Waals surface area contributed by atoms with Crippen LogP contribution in [0.2, 0.25) is 0 Å². The highest BCUT2D eigenvalue weighted by atomic mass is 16.4. The first-order valence-corrected chi connectivity index (χ1v) is 16.8. The Morgan fingerprint density at radius 1 is 0.380 bits per heavy atom. The summed E-state index contributed by atoms with van der Waals surface area (Å²) in [7, 11) is 0.